The average molecular weight is 353 g/mol. The molecule has 8 heteroatoms. The molecule has 1 aromatic rings. The summed E-state index contributed by atoms with van der Waals surface area (Å²) in [5.41, 5.74) is 0.648. The predicted octanol–water partition coefficient (Wildman–Crippen LogP) is 2.47. The molecule has 0 aromatic heterocycles. The van der Waals surface area contributed by atoms with Crippen molar-refractivity contribution in [3.63, 3.8) is 0 Å². The van der Waals surface area contributed by atoms with Gasteiger partial charge in [-0.3, -0.25) is 9.69 Å². The van der Waals surface area contributed by atoms with Crippen molar-refractivity contribution in [2.24, 2.45) is 0 Å². The van der Waals surface area contributed by atoms with Crippen LogP contribution < -0.4 is 4.74 Å². The summed E-state index contributed by atoms with van der Waals surface area (Å²) in [6.45, 7) is 3.60. The van der Waals surface area contributed by atoms with E-state index in [1.807, 2.05) is 0 Å². The number of benzene rings is 1. The topological polar surface area (TPSA) is 87.1 Å². The van der Waals surface area contributed by atoms with E-state index < -0.39 is 17.9 Å². The van der Waals surface area contributed by atoms with E-state index in [4.69, 9.17) is 22.1 Å². The zero-order valence-corrected chi connectivity index (χ0v) is 14.1. The van der Waals surface area contributed by atoms with Gasteiger partial charge < -0.3 is 14.9 Å². The zero-order chi connectivity index (χ0) is 17.1. The smallest absolute Gasteiger partial charge is 0.326 e. The Morgan fingerprint density at radius 3 is 2.83 bits per heavy atom. The molecule has 1 atom stereocenters. The van der Waals surface area contributed by atoms with Gasteiger partial charge in [0.1, 0.15) is 10.4 Å². The van der Waals surface area contributed by atoms with Crippen molar-refractivity contribution >= 4 is 46.3 Å². The van der Waals surface area contributed by atoms with Gasteiger partial charge in [0.05, 0.1) is 11.5 Å². The third-order valence-corrected chi connectivity index (χ3v) is 4.48. The van der Waals surface area contributed by atoms with Crippen LogP contribution in [0.5, 0.6) is 11.5 Å². The number of carboxylic acids is 1. The average Bonchev–Trinajstić information content (AvgIpc) is 2.76. The zero-order valence-electron chi connectivity index (χ0n) is 12.5. The highest BCUT2D eigenvalue weighted by Crippen LogP contribution is 2.35. The molecule has 0 radical (unpaired) electrons. The van der Waals surface area contributed by atoms with Crippen LogP contribution in [0.4, 0.5) is 0 Å². The number of ether oxygens (including phenoxy) is 1. The third kappa shape index (κ3) is 3.65. The molecule has 1 fully saturated rings. The summed E-state index contributed by atoms with van der Waals surface area (Å²) in [4.78, 5) is 24.8. The fraction of sp³-hybridized carbons (Fsp3) is 0.267. The number of hydrogen-bond acceptors (Lipinski definition) is 6. The fourth-order valence-corrected chi connectivity index (χ4v) is 3.39. The van der Waals surface area contributed by atoms with Gasteiger partial charge in [-0.1, -0.05) is 30.0 Å². The van der Waals surface area contributed by atoms with Crippen LogP contribution >= 0.6 is 24.0 Å². The minimum absolute atomic E-state index is 0.0102. The van der Waals surface area contributed by atoms with Crippen molar-refractivity contribution in [3.05, 3.63) is 28.7 Å². The highest BCUT2D eigenvalue weighted by molar-refractivity contribution is 8.26. The Bertz CT molecular complexity index is 701. The molecule has 0 saturated carbocycles. The van der Waals surface area contributed by atoms with Crippen LogP contribution in [0.25, 0.3) is 6.08 Å². The summed E-state index contributed by atoms with van der Waals surface area (Å²) < 4.78 is 5.50. The first-order valence-corrected chi connectivity index (χ1v) is 8.03. The van der Waals surface area contributed by atoms with Gasteiger partial charge in [0, 0.05) is 0 Å². The summed E-state index contributed by atoms with van der Waals surface area (Å²) in [5.74, 6) is -1.24. The lowest BCUT2D eigenvalue weighted by atomic mass is 10.2. The van der Waals surface area contributed by atoms with E-state index in [1.165, 1.54) is 13.0 Å². The third-order valence-electron chi connectivity index (χ3n) is 3.15. The van der Waals surface area contributed by atoms with Gasteiger partial charge in [-0.25, -0.2) is 4.79 Å². The van der Waals surface area contributed by atoms with E-state index >= 15 is 0 Å². The maximum Gasteiger partial charge on any atom is 0.326 e. The Kier molecular flexibility index (Phi) is 5.27. The highest BCUT2D eigenvalue weighted by atomic mass is 32.2. The summed E-state index contributed by atoms with van der Waals surface area (Å²) in [6, 6.07) is 3.68. The number of nitrogens with zero attached hydrogens (tertiary/aromatic N) is 1. The molecule has 1 saturated heterocycles. The van der Waals surface area contributed by atoms with Crippen LogP contribution in [0.15, 0.2) is 23.1 Å². The van der Waals surface area contributed by atoms with E-state index in [9.17, 15) is 14.7 Å². The lowest BCUT2D eigenvalue weighted by molar-refractivity contribution is -0.144. The van der Waals surface area contributed by atoms with Crippen molar-refractivity contribution in [1.82, 2.24) is 4.90 Å². The SMILES string of the molecule is CCOc1cc(/C=C2\SC(=S)N([C@H](C)C(=O)O)C2=O)ccc1O. The number of rotatable bonds is 5. The van der Waals surface area contributed by atoms with Crippen molar-refractivity contribution in [2.45, 2.75) is 19.9 Å². The monoisotopic (exact) mass is 353 g/mol. The Morgan fingerprint density at radius 1 is 1.52 bits per heavy atom. The number of phenols is 1. The van der Waals surface area contributed by atoms with Gasteiger partial charge in [0.25, 0.3) is 5.91 Å². The summed E-state index contributed by atoms with van der Waals surface area (Å²) in [6.07, 6.45) is 1.59. The maximum absolute atomic E-state index is 12.3. The molecule has 0 bridgehead atoms. The van der Waals surface area contributed by atoms with Crippen molar-refractivity contribution in [2.75, 3.05) is 6.61 Å². The number of aromatic hydroxyl groups is 1. The van der Waals surface area contributed by atoms with E-state index in [1.54, 1.807) is 25.1 Å². The predicted molar refractivity (Wildman–Crippen MR) is 91.4 cm³/mol. The van der Waals surface area contributed by atoms with Gasteiger partial charge in [-0.05, 0) is 37.6 Å². The summed E-state index contributed by atoms with van der Waals surface area (Å²) >= 11 is 6.14. The van der Waals surface area contributed by atoms with E-state index in [0.29, 0.717) is 22.8 Å². The molecular weight excluding hydrogens is 338 g/mol. The number of carbonyl (C=O) groups excluding carboxylic acids is 1. The number of aliphatic carboxylic acids is 1. The maximum atomic E-state index is 12.3. The standard InChI is InChI=1S/C15H15NO5S2/c1-3-21-11-6-9(4-5-10(11)17)7-12-13(18)16(15(22)23-12)8(2)14(19)20/h4-8,17H,3H2,1-2H3,(H,19,20)/b12-7-/t8-/m1/s1. The molecule has 2 N–H and O–H groups in total. The summed E-state index contributed by atoms with van der Waals surface area (Å²) in [7, 11) is 0. The number of phenolic OH excluding ortho intramolecular Hbond substituents is 1. The lowest BCUT2D eigenvalue weighted by Gasteiger charge is -2.18. The minimum atomic E-state index is -1.12. The number of thioether (sulfide) groups is 1. The molecule has 1 aliphatic heterocycles. The van der Waals surface area contributed by atoms with Crippen LogP contribution in [-0.4, -0.2) is 44.0 Å². The Hall–Kier alpha value is -2.06. The number of carbonyl (C=O) groups is 2. The van der Waals surface area contributed by atoms with Crippen LogP contribution in [0, 0.1) is 0 Å². The molecular formula is C15H15NO5S2. The first-order valence-electron chi connectivity index (χ1n) is 6.80. The van der Waals surface area contributed by atoms with E-state index in [-0.39, 0.29) is 10.1 Å². The Morgan fingerprint density at radius 2 is 2.22 bits per heavy atom. The van der Waals surface area contributed by atoms with Gasteiger partial charge in [-0.2, -0.15) is 0 Å². The number of amides is 1. The van der Waals surface area contributed by atoms with Gasteiger partial charge in [0.15, 0.2) is 11.5 Å². The highest BCUT2D eigenvalue weighted by Gasteiger charge is 2.38. The van der Waals surface area contributed by atoms with E-state index in [2.05, 4.69) is 0 Å². The molecule has 23 heavy (non-hydrogen) atoms. The Balaban J connectivity index is 2.31. The normalized spacial score (nSPS) is 17.7. The molecule has 1 amide bonds. The number of hydrogen-bond donors (Lipinski definition) is 2. The number of thiocarbonyl (C=S) groups is 1. The second kappa shape index (κ2) is 7.01. The molecule has 6 nitrogen and oxygen atoms in total. The molecule has 0 spiro atoms. The van der Waals surface area contributed by atoms with Gasteiger partial charge in [-0.15, -0.1) is 0 Å². The van der Waals surface area contributed by atoms with E-state index in [0.717, 1.165) is 16.7 Å². The molecule has 1 aliphatic rings. The molecule has 2 rings (SSSR count). The molecule has 1 heterocycles. The molecule has 122 valence electrons. The van der Waals surface area contributed by atoms with Crippen LogP contribution in [-0.2, 0) is 9.59 Å². The number of carboxylic acid groups (broad SMARTS) is 1. The van der Waals surface area contributed by atoms with Crippen molar-refractivity contribution in [3.8, 4) is 11.5 Å². The fourth-order valence-electron chi connectivity index (χ4n) is 1.97. The van der Waals surface area contributed by atoms with Crippen LogP contribution in [0.2, 0.25) is 0 Å². The first-order chi connectivity index (χ1) is 10.8. The van der Waals surface area contributed by atoms with Crippen molar-refractivity contribution < 1.29 is 24.5 Å². The van der Waals surface area contributed by atoms with Crippen LogP contribution in [0.1, 0.15) is 19.4 Å². The van der Waals surface area contributed by atoms with Crippen LogP contribution in [0.3, 0.4) is 0 Å². The molecule has 0 aliphatic carbocycles. The summed E-state index contributed by atoms with van der Waals surface area (Å²) in [5, 5.41) is 18.7. The second-order valence-electron chi connectivity index (χ2n) is 4.73. The van der Waals surface area contributed by atoms with Gasteiger partial charge in [0.2, 0.25) is 0 Å². The van der Waals surface area contributed by atoms with Gasteiger partial charge >= 0.3 is 5.97 Å². The quantitative estimate of drug-likeness (QED) is 0.621. The largest absolute Gasteiger partial charge is 0.504 e. The Labute approximate surface area is 142 Å². The minimum Gasteiger partial charge on any atom is -0.504 e. The first kappa shape index (κ1) is 17.3. The molecule has 0 unspecified atom stereocenters. The van der Waals surface area contributed by atoms with Crippen molar-refractivity contribution in [1.29, 1.82) is 0 Å². The lowest BCUT2D eigenvalue weighted by Crippen LogP contribution is -2.41. The second-order valence-corrected chi connectivity index (χ2v) is 6.40. The molecule has 1 aromatic carbocycles.